The van der Waals surface area contributed by atoms with Crippen LogP contribution in [0.3, 0.4) is 0 Å². The molecule has 4 fully saturated rings. The summed E-state index contributed by atoms with van der Waals surface area (Å²) < 4.78 is 10.3. The normalized spacial score (nSPS) is 34.5. The van der Waals surface area contributed by atoms with Gasteiger partial charge in [-0.2, -0.15) is 0 Å². The topological polar surface area (TPSA) is 59.1 Å². The van der Waals surface area contributed by atoms with Crippen molar-refractivity contribution >= 4 is 12.1 Å². The molecule has 0 spiro atoms. The van der Waals surface area contributed by atoms with Crippen molar-refractivity contribution in [3.63, 3.8) is 0 Å². The lowest BCUT2D eigenvalue weighted by molar-refractivity contribution is -0.237. The molecule has 2 bridgehead atoms. The Bertz CT molecular complexity index is 469. The maximum Gasteiger partial charge on any atom is 0.410 e. The lowest BCUT2D eigenvalue weighted by atomic mass is 9.38. The second-order valence-corrected chi connectivity index (χ2v) is 7.98. The quantitative estimate of drug-likeness (QED) is 0.726. The highest BCUT2D eigenvalue weighted by atomic mass is 16.6. The molecule has 124 valence electrons. The van der Waals surface area contributed by atoms with Gasteiger partial charge in [0.15, 0.2) is 0 Å². The lowest BCUT2D eigenvalue weighted by Crippen LogP contribution is -2.78. The van der Waals surface area contributed by atoms with Crippen LogP contribution in [-0.4, -0.2) is 66.3 Å². The second-order valence-electron chi connectivity index (χ2n) is 7.98. The van der Waals surface area contributed by atoms with E-state index in [1.807, 2.05) is 20.8 Å². The summed E-state index contributed by atoms with van der Waals surface area (Å²) in [5, 5.41) is 0. The third-order valence-electron chi connectivity index (χ3n) is 5.22. The summed E-state index contributed by atoms with van der Waals surface area (Å²) >= 11 is 0. The number of nitrogens with zero attached hydrogens (tertiary/aromatic N) is 2. The van der Waals surface area contributed by atoms with Crippen molar-refractivity contribution in [2.24, 2.45) is 5.41 Å². The number of piperazine rings is 1. The van der Waals surface area contributed by atoms with Gasteiger partial charge in [-0.25, -0.2) is 4.79 Å². The van der Waals surface area contributed by atoms with Crippen LogP contribution < -0.4 is 0 Å². The number of amides is 1. The fourth-order valence-electron chi connectivity index (χ4n) is 4.19. The fraction of sp³-hybridized carbons (Fsp3) is 0.875. The highest BCUT2D eigenvalue weighted by molar-refractivity contribution is 5.82. The SMILES string of the molecule is COC(=O)C12CC(N3CCN(C(=O)OC(C)(C)C)CC3)(C1)C2. The van der Waals surface area contributed by atoms with E-state index in [1.54, 1.807) is 4.90 Å². The average molecular weight is 310 g/mol. The standard InChI is InChI=1S/C16H26N2O4/c1-14(2,3)22-13(20)17-5-7-18(8-6-17)16-9-15(10-16,11-16)12(19)21-4/h5-11H2,1-4H3. The van der Waals surface area contributed by atoms with E-state index in [0.29, 0.717) is 13.1 Å². The van der Waals surface area contributed by atoms with E-state index in [-0.39, 0.29) is 23.0 Å². The molecule has 22 heavy (non-hydrogen) atoms. The van der Waals surface area contributed by atoms with Crippen molar-refractivity contribution in [3.05, 3.63) is 0 Å². The molecule has 0 atom stereocenters. The number of methoxy groups -OCH3 is 1. The van der Waals surface area contributed by atoms with E-state index in [2.05, 4.69) is 4.90 Å². The fourth-order valence-corrected chi connectivity index (χ4v) is 4.19. The van der Waals surface area contributed by atoms with Gasteiger partial charge < -0.3 is 14.4 Å². The van der Waals surface area contributed by atoms with Gasteiger partial charge in [0.2, 0.25) is 0 Å². The van der Waals surface area contributed by atoms with Gasteiger partial charge in [-0.05, 0) is 40.0 Å². The number of esters is 1. The Morgan fingerprint density at radius 2 is 1.55 bits per heavy atom. The molecule has 1 amide bonds. The van der Waals surface area contributed by atoms with Crippen LogP contribution in [0.4, 0.5) is 4.79 Å². The van der Waals surface area contributed by atoms with Crippen molar-refractivity contribution in [3.8, 4) is 0 Å². The molecule has 1 aliphatic heterocycles. The smallest absolute Gasteiger partial charge is 0.410 e. The van der Waals surface area contributed by atoms with E-state index in [0.717, 1.165) is 32.4 Å². The molecule has 4 rings (SSSR count). The van der Waals surface area contributed by atoms with Gasteiger partial charge in [-0.1, -0.05) is 0 Å². The zero-order valence-electron chi connectivity index (χ0n) is 14.0. The number of hydrogen-bond donors (Lipinski definition) is 0. The molecule has 1 saturated heterocycles. The van der Waals surface area contributed by atoms with Crippen LogP contribution in [0.15, 0.2) is 0 Å². The molecule has 1 heterocycles. The summed E-state index contributed by atoms with van der Waals surface area (Å²) in [6.07, 6.45) is 2.52. The summed E-state index contributed by atoms with van der Waals surface area (Å²) in [5.74, 6) is -0.0539. The van der Waals surface area contributed by atoms with Crippen LogP contribution in [0.5, 0.6) is 0 Å². The number of rotatable bonds is 2. The highest BCUT2D eigenvalue weighted by Gasteiger charge is 2.74. The average Bonchev–Trinajstić information content (AvgIpc) is 2.34. The monoisotopic (exact) mass is 310 g/mol. The largest absolute Gasteiger partial charge is 0.469 e. The second kappa shape index (κ2) is 4.85. The van der Waals surface area contributed by atoms with E-state index in [9.17, 15) is 9.59 Å². The predicted molar refractivity (Wildman–Crippen MR) is 80.4 cm³/mol. The van der Waals surface area contributed by atoms with Crippen LogP contribution in [-0.2, 0) is 14.3 Å². The Morgan fingerprint density at radius 1 is 1.00 bits per heavy atom. The van der Waals surface area contributed by atoms with Crippen molar-refractivity contribution in [1.82, 2.24) is 9.80 Å². The minimum absolute atomic E-state index is 0.0539. The predicted octanol–water partition coefficient (Wildman–Crippen LogP) is 1.63. The minimum atomic E-state index is -0.449. The Kier molecular flexibility index (Phi) is 3.43. The Hall–Kier alpha value is -1.30. The molecule has 6 heteroatoms. The van der Waals surface area contributed by atoms with Crippen molar-refractivity contribution in [2.45, 2.75) is 51.2 Å². The van der Waals surface area contributed by atoms with Gasteiger partial charge >= 0.3 is 12.1 Å². The first-order chi connectivity index (χ1) is 10.2. The Labute approximate surface area is 131 Å². The summed E-state index contributed by atoms with van der Waals surface area (Å²) in [4.78, 5) is 28.0. The van der Waals surface area contributed by atoms with Crippen molar-refractivity contribution < 1.29 is 19.1 Å². The third-order valence-corrected chi connectivity index (χ3v) is 5.22. The molecule has 0 aromatic carbocycles. The van der Waals surface area contributed by atoms with Gasteiger partial charge in [0.1, 0.15) is 5.60 Å². The number of carbonyl (C=O) groups is 2. The summed E-state index contributed by atoms with van der Waals surface area (Å²) in [5.41, 5.74) is -0.458. The maximum atomic E-state index is 12.1. The molecule has 3 aliphatic carbocycles. The molecule has 0 aromatic heterocycles. The first-order valence-electron chi connectivity index (χ1n) is 8.01. The summed E-state index contributed by atoms with van der Waals surface area (Å²) in [6.45, 7) is 8.76. The first kappa shape index (κ1) is 15.6. The highest BCUT2D eigenvalue weighted by Crippen LogP contribution is 2.70. The molecule has 0 N–H and O–H groups in total. The van der Waals surface area contributed by atoms with E-state index in [1.165, 1.54) is 7.11 Å². The van der Waals surface area contributed by atoms with Crippen LogP contribution in [0.1, 0.15) is 40.0 Å². The third kappa shape index (κ3) is 2.37. The van der Waals surface area contributed by atoms with Gasteiger partial charge in [0.25, 0.3) is 0 Å². The van der Waals surface area contributed by atoms with Gasteiger partial charge in [-0.15, -0.1) is 0 Å². The Balaban J connectivity index is 1.48. The van der Waals surface area contributed by atoms with Crippen LogP contribution >= 0.6 is 0 Å². The Morgan fingerprint density at radius 3 is 2.00 bits per heavy atom. The number of hydrogen-bond acceptors (Lipinski definition) is 5. The maximum absolute atomic E-state index is 12.1. The van der Waals surface area contributed by atoms with Crippen LogP contribution in [0.2, 0.25) is 0 Å². The minimum Gasteiger partial charge on any atom is -0.469 e. The van der Waals surface area contributed by atoms with Gasteiger partial charge in [0.05, 0.1) is 12.5 Å². The van der Waals surface area contributed by atoms with Gasteiger partial charge in [0, 0.05) is 31.7 Å². The molecule has 0 unspecified atom stereocenters. The molecule has 4 aliphatic rings. The van der Waals surface area contributed by atoms with Crippen molar-refractivity contribution in [2.75, 3.05) is 33.3 Å². The van der Waals surface area contributed by atoms with E-state index < -0.39 is 5.60 Å². The first-order valence-corrected chi connectivity index (χ1v) is 8.01. The molecule has 0 aromatic rings. The number of carbonyl (C=O) groups excluding carboxylic acids is 2. The summed E-state index contributed by atoms with van der Waals surface area (Å²) in [6, 6.07) is 0. The molecule has 3 saturated carbocycles. The lowest BCUT2D eigenvalue weighted by Gasteiger charge is -2.72. The van der Waals surface area contributed by atoms with Gasteiger partial charge in [-0.3, -0.25) is 9.69 Å². The molecule has 6 nitrogen and oxygen atoms in total. The summed E-state index contributed by atoms with van der Waals surface area (Å²) in [7, 11) is 1.47. The molecule has 0 radical (unpaired) electrons. The van der Waals surface area contributed by atoms with Crippen LogP contribution in [0, 0.1) is 5.41 Å². The number of ether oxygens (including phenoxy) is 2. The van der Waals surface area contributed by atoms with Crippen molar-refractivity contribution in [1.29, 1.82) is 0 Å². The zero-order valence-corrected chi connectivity index (χ0v) is 14.0. The van der Waals surface area contributed by atoms with E-state index >= 15 is 0 Å². The van der Waals surface area contributed by atoms with E-state index in [4.69, 9.17) is 9.47 Å². The zero-order chi connectivity index (χ0) is 16.2. The van der Waals surface area contributed by atoms with Crippen LogP contribution in [0.25, 0.3) is 0 Å². The molecular formula is C16H26N2O4. The molecular weight excluding hydrogens is 284 g/mol.